The Balaban J connectivity index is 1.96. The smallest absolute Gasteiger partial charge is 0.255 e. The number of fused-ring (bicyclic) bond motifs is 3. The van der Waals surface area contributed by atoms with Crippen LogP contribution in [0.25, 0.3) is 5.76 Å². The lowest BCUT2D eigenvalue weighted by atomic mass is 9.57. The number of aliphatic hydroxyl groups is 3. The molecule has 4 rings (SSSR count). The molecule has 1 fully saturated rings. The number of rotatable bonds is 1. The van der Waals surface area contributed by atoms with Crippen LogP contribution in [0.4, 0.5) is 0 Å². The van der Waals surface area contributed by atoms with Gasteiger partial charge in [-0.05, 0) is 17.5 Å². The predicted octanol–water partition coefficient (Wildman–Crippen LogP) is 0.841. The number of aromatic hydroxyl groups is 1. The van der Waals surface area contributed by atoms with Crippen LogP contribution in [0.2, 0.25) is 0 Å². The van der Waals surface area contributed by atoms with E-state index in [1.807, 2.05) is 0 Å². The summed E-state index contributed by atoms with van der Waals surface area (Å²) in [6, 6.07) is 4.66. The van der Waals surface area contributed by atoms with E-state index in [9.17, 15) is 34.8 Å². The molecule has 6 N–H and O–H groups in total. The van der Waals surface area contributed by atoms with E-state index in [1.165, 1.54) is 6.07 Å². The van der Waals surface area contributed by atoms with E-state index in [4.69, 9.17) is 5.73 Å². The Labute approximate surface area is 159 Å². The molecule has 0 saturated heterocycles. The van der Waals surface area contributed by atoms with Gasteiger partial charge in [0.15, 0.2) is 11.6 Å². The summed E-state index contributed by atoms with van der Waals surface area (Å²) in [4.78, 5) is 37.1. The van der Waals surface area contributed by atoms with Crippen molar-refractivity contribution in [2.45, 2.75) is 25.4 Å². The van der Waals surface area contributed by atoms with E-state index in [2.05, 4.69) is 0 Å². The summed E-state index contributed by atoms with van der Waals surface area (Å²) in [6.45, 7) is 1.75. The zero-order valence-corrected chi connectivity index (χ0v) is 14.9. The third-order valence-corrected chi connectivity index (χ3v) is 6.21. The molecule has 0 bridgehead atoms. The van der Waals surface area contributed by atoms with Crippen LogP contribution in [0.15, 0.2) is 35.1 Å². The summed E-state index contributed by atoms with van der Waals surface area (Å²) >= 11 is 0. The molecule has 0 heterocycles. The minimum atomic E-state index is -1.36. The van der Waals surface area contributed by atoms with Crippen molar-refractivity contribution in [2.24, 2.45) is 23.5 Å². The first kappa shape index (κ1) is 18.2. The van der Waals surface area contributed by atoms with Gasteiger partial charge in [-0.3, -0.25) is 14.4 Å². The number of aliphatic hydroxyl groups excluding tert-OH is 3. The number of hydrogen-bond donors (Lipinski definition) is 5. The molecule has 1 unspecified atom stereocenters. The van der Waals surface area contributed by atoms with Crippen LogP contribution in [0.1, 0.15) is 30.4 Å². The van der Waals surface area contributed by atoms with Crippen LogP contribution in [-0.2, 0) is 14.4 Å². The van der Waals surface area contributed by atoms with Crippen molar-refractivity contribution >= 4 is 23.2 Å². The number of carbonyl (C=O) groups is 3. The van der Waals surface area contributed by atoms with Gasteiger partial charge < -0.3 is 26.2 Å². The van der Waals surface area contributed by atoms with Gasteiger partial charge in [0.2, 0.25) is 0 Å². The molecular weight excluding hydrogens is 366 g/mol. The lowest BCUT2D eigenvalue weighted by Crippen LogP contribution is -2.52. The Morgan fingerprint density at radius 2 is 1.86 bits per heavy atom. The first-order valence-electron chi connectivity index (χ1n) is 8.90. The lowest BCUT2D eigenvalue weighted by molar-refractivity contribution is -0.133. The number of phenolic OH excluding ortho intramolecular Hbond substituents is 1. The van der Waals surface area contributed by atoms with Crippen molar-refractivity contribution < 1.29 is 34.8 Å². The number of nitrogens with two attached hydrogens (primary N) is 1. The van der Waals surface area contributed by atoms with Crippen LogP contribution in [-0.4, -0.2) is 44.0 Å². The highest BCUT2D eigenvalue weighted by Crippen LogP contribution is 2.54. The average Bonchev–Trinajstić information content (AvgIpc) is 2.61. The quantitative estimate of drug-likeness (QED) is 0.448. The maximum absolute atomic E-state index is 13.2. The molecule has 1 saturated carbocycles. The topological polar surface area (TPSA) is 158 Å². The van der Waals surface area contributed by atoms with Crippen molar-refractivity contribution in [1.82, 2.24) is 0 Å². The number of allylic oxidation sites excluding steroid dienone is 1. The summed E-state index contributed by atoms with van der Waals surface area (Å²) in [7, 11) is 0. The first-order chi connectivity index (χ1) is 13.2. The first-order valence-corrected chi connectivity index (χ1v) is 8.90. The molecule has 0 radical (unpaired) electrons. The Bertz CT molecular complexity index is 1010. The second-order valence-corrected chi connectivity index (χ2v) is 7.57. The zero-order valence-electron chi connectivity index (χ0n) is 14.9. The van der Waals surface area contributed by atoms with Crippen LogP contribution < -0.4 is 5.73 Å². The number of primary amides is 1. The van der Waals surface area contributed by atoms with Crippen molar-refractivity contribution in [3.8, 4) is 5.75 Å². The van der Waals surface area contributed by atoms with E-state index >= 15 is 0 Å². The number of hydrogen-bond acceptors (Lipinski definition) is 7. The van der Waals surface area contributed by atoms with Gasteiger partial charge >= 0.3 is 0 Å². The standard InChI is InChI=1S/C20H19NO7/c1-6-7-3-2-4-9(22)12(7)17(25)15-11(6)16(24)8-5-10(23)14(20(21)28)18(26)13(8)19(15)27/h2-4,6,8,11,13,16,22,24-26H,5H2,1H3,(H2,21,28)/t6-,8-,11+,13?,16+/m0/s1. The number of ketones is 2. The van der Waals surface area contributed by atoms with Gasteiger partial charge in [-0.25, -0.2) is 0 Å². The molecule has 0 aliphatic heterocycles. The van der Waals surface area contributed by atoms with Crippen LogP contribution in [0.5, 0.6) is 5.75 Å². The molecule has 1 aromatic rings. The molecule has 1 aromatic carbocycles. The van der Waals surface area contributed by atoms with Gasteiger partial charge in [0.25, 0.3) is 5.91 Å². The van der Waals surface area contributed by atoms with Crippen molar-refractivity contribution in [1.29, 1.82) is 0 Å². The normalized spacial score (nSPS) is 32.0. The lowest BCUT2D eigenvalue weighted by Gasteiger charge is -2.46. The highest BCUT2D eigenvalue weighted by atomic mass is 16.3. The molecule has 3 aliphatic carbocycles. The zero-order chi connectivity index (χ0) is 20.5. The van der Waals surface area contributed by atoms with E-state index in [-0.39, 0.29) is 23.3 Å². The minimum Gasteiger partial charge on any atom is -0.511 e. The van der Waals surface area contributed by atoms with Crippen molar-refractivity contribution in [2.75, 3.05) is 0 Å². The number of Topliss-reactive ketones (excluding diaryl/α,β-unsaturated/α-hetero) is 2. The van der Waals surface area contributed by atoms with Crippen LogP contribution in [0, 0.1) is 17.8 Å². The van der Waals surface area contributed by atoms with Gasteiger partial charge in [-0.15, -0.1) is 0 Å². The highest BCUT2D eigenvalue weighted by Gasteiger charge is 2.56. The van der Waals surface area contributed by atoms with Gasteiger partial charge in [0, 0.05) is 23.8 Å². The Morgan fingerprint density at radius 1 is 1.18 bits per heavy atom. The Morgan fingerprint density at radius 3 is 2.50 bits per heavy atom. The fraction of sp³-hybridized carbons (Fsp3) is 0.350. The summed E-state index contributed by atoms with van der Waals surface area (Å²) < 4.78 is 0. The molecule has 0 aromatic heterocycles. The molecule has 5 atom stereocenters. The van der Waals surface area contributed by atoms with E-state index in [1.54, 1.807) is 19.1 Å². The maximum atomic E-state index is 13.2. The molecule has 146 valence electrons. The molecule has 1 amide bonds. The van der Waals surface area contributed by atoms with Crippen molar-refractivity contribution in [3.05, 3.63) is 46.2 Å². The molecule has 8 nitrogen and oxygen atoms in total. The van der Waals surface area contributed by atoms with E-state index in [0.717, 1.165) is 0 Å². The second kappa shape index (κ2) is 5.93. The largest absolute Gasteiger partial charge is 0.511 e. The Kier molecular flexibility index (Phi) is 3.87. The summed E-state index contributed by atoms with van der Waals surface area (Å²) in [5.74, 6) is -7.58. The fourth-order valence-electron chi connectivity index (χ4n) is 4.95. The third-order valence-electron chi connectivity index (χ3n) is 6.21. The molecular formula is C20H19NO7. The summed E-state index contributed by atoms with van der Waals surface area (Å²) in [5.41, 5.74) is 5.07. The van der Waals surface area contributed by atoms with E-state index < -0.39 is 64.3 Å². The van der Waals surface area contributed by atoms with E-state index in [0.29, 0.717) is 5.56 Å². The molecule has 3 aliphatic rings. The monoisotopic (exact) mass is 385 g/mol. The molecule has 28 heavy (non-hydrogen) atoms. The predicted molar refractivity (Wildman–Crippen MR) is 96.0 cm³/mol. The van der Waals surface area contributed by atoms with Crippen molar-refractivity contribution in [3.63, 3.8) is 0 Å². The highest BCUT2D eigenvalue weighted by molar-refractivity contribution is 6.21. The average molecular weight is 385 g/mol. The van der Waals surface area contributed by atoms with Gasteiger partial charge in [-0.1, -0.05) is 19.1 Å². The number of carbonyl (C=O) groups excluding carboxylic acids is 3. The number of benzene rings is 1. The number of phenols is 1. The maximum Gasteiger partial charge on any atom is 0.255 e. The minimum absolute atomic E-state index is 0.103. The van der Waals surface area contributed by atoms with Crippen LogP contribution >= 0.6 is 0 Å². The second-order valence-electron chi connectivity index (χ2n) is 7.57. The third kappa shape index (κ3) is 2.18. The Hall–Kier alpha value is -3.13. The summed E-state index contributed by atoms with van der Waals surface area (Å²) in [6.07, 6.45) is -1.55. The van der Waals surface area contributed by atoms with Gasteiger partial charge in [0.1, 0.15) is 22.8 Å². The fourth-order valence-corrected chi connectivity index (χ4v) is 4.95. The SMILES string of the molecule is C[C@H]1c2cccc(O)c2C(O)=C2C(=O)C3C(O)=C(C(N)=O)C(=O)C[C@@H]3[C@@H](O)[C@@H]21. The van der Waals surface area contributed by atoms with Gasteiger partial charge in [-0.2, -0.15) is 0 Å². The molecule has 8 heteroatoms. The number of amides is 1. The summed E-state index contributed by atoms with van der Waals surface area (Å²) in [5, 5.41) is 42.4. The van der Waals surface area contributed by atoms with Crippen LogP contribution in [0.3, 0.4) is 0 Å². The van der Waals surface area contributed by atoms with Gasteiger partial charge in [0.05, 0.1) is 17.6 Å². The molecule has 0 spiro atoms.